The Bertz CT molecular complexity index is 343. The SMILES string of the molecule is O=S(=O)(I)c1ccc(Br)cc1. The molecular formula is C6H4BrIO2S. The zero-order valence-electron chi connectivity index (χ0n) is 5.29. The van der Waals surface area contributed by atoms with Crippen molar-refractivity contribution in [2.45, 2.75) is 4.90 Å². The predicted octanol–water partition coefficient (Wildman–Crippen LogP) is 2.57. The van der Waals surface area contributed by atoms with Crippen molar-refractivity contribution < 1.29 is 8.42 Å². The second-order valence-corrected chi connectivity index (χ2v) is 7.63. The van der Waals surface area contributed by atoms with E-state index in [4.69, 9.17) is 0 Å². The maximum Gasteiger partial charge on any atom is 0.231 e. The number of halogens is 2. The van der Waals surface area contributed by atoms with Crippen molar-refractivity contribution in [2.75, 3.05) is 0 Å². The Balaban J connectivity index is 3.20. The molecule has 60 valence electrons. The molecule has 1 aromatic rings. The van der Waals surface area contributed by atoms with E-state index in [0.29, 0.717) is 4.90 Å². The Labute approximate surface area is 85.6 Å². The van der Waals surface area contributed by atoms with Gasteiger partial charge in [-0.2, -0.15) is 0 Å². The molecule has 0 unspecified atom stereocenters. The number of hydrogen-bond acceptors (Lipinski definition) is 2. The van der Waals surface area contributed by atoms with Crippen molar-refractivity contribution in [2.24, 2.45) is 0 Å². The molecule has 5 heteroatoms. The largest absolute Gasteiger partial charge is 0.231 e. The van der Waals surface area contributed by atoms with Crippen molar-refractivity contribution in [3.8, 4) is 0 Å². The first-order valence-electron chi connectivity index (χ1n) is 2.70. The molecule has 0 spiro atoms. The minimum absolute atomic E-state index is 0.335. The van der Waals surface area contributed by atoms with Gasteiger partial charge in [0.1, 0.15) is 0 Å². The first-order chi connectivity index (χ1) is 5.00. The summed E-state index contributed by atoms with van der Waals surface area (Å²) in [6, 6.07) is 6.52. The summed E-state index contributed by atoms with van der Waals surface area (Å²) in [5.74, 6) is 0. The van der Waals surface area contributed by atoms with Crippen molar-refractivity contribution in [3.63, 3.8) is 0 Å². The fourth-order valence-electron chi connectivity index (χ4n) is 0.597. The van der Waals surface area contributed by atoms with E-state index in [-0.39, 0.29) is 0 Å². The molecule has 0 radical (unpaired) electrons. The number of hydrogen-bond donors (Lipinski definition) is 0. The van der Waals surface area contributed by atoms with Gasteiger partial charge in [-0.25, -0.2) is 8.42 Å². The summed E-state index contributed by atoms with van der Waals surface area (Å²) < 4.78 is 22.7. The Hall–Kier alpha value is 0.380. The Morgan fingerprint density at radius 2 is 1.64 bits per heavy atom. The molecular weight excluding hydrogens is 343 g/mol. The molecule has 0 aromatic heterocycles. The third-order valence-electron chi connectivity index (χ3n) is 1.10. The van der Waals surface area contributed by atoms with Gasteiger partial charge in [0.2, 0.25) is 7.01 Å². The van der Waals surface area contributed by atoms with Crippen LogP contribution in [-0.4, -0.2) is 8.42 Å². The van der Waals surface area contributed by atoms with Gasteiger partial charge in [-0.05, 0) is 24.3 Å². The van der Waals surface area contributed by atoms with E-state index in [2.05, 4.69) is 15.9 Å². The summed E-state index contributed by atoms with van der Waals surface area (Å²) in [5.41, 5.74) is 0. The van der Waals surface area contributed by atoms with Crippen LogP contribution in [0.25, 0.3) is 0 Å². The topological polar surface area (TPSA) is 34.1 Å². The highest BCUT2D eigenvalue weighted by Crippen LogP contribution is 2.19. The highest BCUT2D eigenvalue weighted by atomic mass is 127. The maximum atomic E-state index is 10.9. The fraction of sp³-hybridized carbons (Fsp3) is 0. The lowest BCUT2D eigenvalue weighted by atomic mass is 10.4. The lowest BCUT2D eigenvalue weighted by molar-refractivity contribution is 0.612. The van der Waals surface area contributed by atoms with Gasteiger partial charge in [-0.3, -0.25) is 0 Å². The van der Waals surface area contributed by atoms with Crippen molar-refractivity contribution in [1.29, 1.82) is 0 Å². The van der Waals surface area contributed by atoms with Gasteiger partial charge in [0.15, 0.2) is 0 Å². The summed E-state index contributed by atoms with van der Waals surface area (Å²) >= 11 is 4.63. The van der Waals surface area contributed by atoms with Gasteiger partial charge in [-0.1, -0.05) is 15.9 Å². The zero-order chi connectivity index (χ0) is 8.48. The average molecular weight is 347 g/mol. The summed E-state index contributed by atoms with van der Waals surface area (Å²) in [5, 5.41) is 0. The molecule has 11 heavy (non-hydrogen) atoms. The lowest BCUT2D eigenvalue weighted by Gasteiger charge is -1.94. The first kappa shape index (κ1) is 9.47. The van der Waals surface area contributed by atoms with Crippen LogP contribution in [0.3, 0.4) is 0 Å². The van der Waals surface area contributed by atoms with Crippen LogP contribution in [0.1, 0.15) is 0 Å². The van der Waals surface area contributed by atoms with E-state index in [1.807, 2.05) is 0 Å². The highest BCUT2D eigenvalue weighted by molar-refractivity contribution is 14.2. The normalized spacial score (nSPS) is 11.5. The molecule has 0 aliphatic rings. The van der Waals surface area contributed by atoms with Gasteiger partial charge in [0.05, 0.1) is 26.1 Å². The predicted molar refractivity (Wildman–Crippen MR) is 55.3 cm³/mol. The molecule has 0 heterocycles. The van der Waals surface area contributed by atoms with Crippen LogP contribution < -0.4 is 0 Å². The third-order valence-corrected chi connectivity index (χ3v) is 3.98. The van der Waals surface area contributed by atoms with Gasteiger partial charge in [-0.15, -0.1) is 0 Å². The molecule has 0 bridgehead atoms. The third kappa shape index (κ3) is 2.72. The van der Waals surface area contributed by atoms with Crippen LogP contribution in [0.15, 0.2) is 33.6 Å². The number of rotatable bonds is 1. The van der Waals surface area contributed by atoms with Gasteiger partial charge >= 0.3 is 0 Å². The molecule has 0 aliphatic heterocycles. The number of benzene rings is 1. The molecule has 0 saturated carbocycles. The van der Waals surface area contributed by atoms with Crippen LogP contribution in [0, 0.1) is 0 Å². The average Bonchev–Trinajstić information content (AvgIpc) is 1.86. The lowest BCUT2D eigenvalue weighted by Crippen LogP contribution is -1.87. The van der Waals surface area contributed by atoms with Crippen molar-refractivity contribution in [3.05, 3.63) is 28.7 Å². The van der Waals surface area contributed by atoms with Crippen molar-refractivity contribution in [1.82, 2.24) is 0 Å². The second-order valence-electron chi connectivity index (χ2n) is 1.89. The standard InChI is InChI=1S/C6H4BrIO2S/c7-5-1-3-6(4-2-5)11(8,9)10/h1-4H. The highest BCUT2D eigenvalue weighted by Gasteiger charge is 2.06. The Kier molecular flexibility index (Phi) is 2.93. The molecule has 0 atom stereocenters. The molecule has 0 aliphatic carbocycles. The molecule has 0 saturated heterocycles. The van der Waals surface area contributed by atoms with Crippen LogP contribution in [0.2, 0.25) is 0 Å². The summed E-state index contributed by atoms with van der Waals surface area (Å²) in [4.78, 5) is 0.335. The Morgan fingerprint density at radius 3 is 2.00 bits per heavy atom. The zero-order valence-corrected chi connectivity index (χ0v) is 9.85. The Morgan fingerprint density at radius 1 is 1.18 bits per heavy atom. The van der Waals surface area contributed by atoms with Crippen LogP contribution in [-0.2, 0) is 7.01 Å². The van der Waals surface area contributed by atoms with E-state index in [1.165, 1.54) is 21.2 Å². The molecule has 1 rings (SSSR count). The molecule has 0 fully saturated rings. The van der Waals surface area contributed by atoms with E-state index >= 15 is 0 Å². The smallest absolute Gasteiger partial charge is 0.213 e. The second kappa shape index (κ2) is 3.40. The summed E-state index contributed by atoms with van der Waals surface area (Å²) in [6.45, 7) is 0. The minimum atomic E-state index is -3.07. The molecule has 0 N–H and O–H groups in total. The van der Waals surface area contributed by atoms with E-state index in [1.54, 1.807) is 24.3 Å². The maximum absolute atomic E-state index is 10.9. The van der Waals surface area contributed by atoms with Gasteiger partial charge < -0.3 is 0 Å². The van der Waals surface area contributed by atoms with Gasteiger partial charge in [0, 0.05) is 4.47 Å². The molecule has 0 amide bonds. The van der Waals surface area contributed by atoms with E-state index < -0.39 is 7.01 Å². The van der Waals surface area contributed by atoms with Gasteiger partial charge in [0.25, 0.3) is 0 Å². The first-order valence-corrected chi connectivity index (χ1v) is 7.52. The van der Waals surface area contributed by atoms with Crippen LogP contribution in [0.4, 0.5) is 0 Å². The molecule has 1 aromatic carbocycles. The van der Waals surface area contributed by atoms with Crippen LogP contribution >= 0.6 is 37.1 Å². The fourth-order valence-corrected chi connectivity index (χ4v) is 2.20. The van der Waals surface area contributed by atoms with Crippen LogP contribution in [0.5, 0.6) is 0 Å². The summed E-state index contributed by atoms with van der Waals surface area (Å²) in [7, 11) is -3.07. The van der Waals surface area contributed by atoms with Crippen molar-refractivity contribution >= 4 is 44.1 Å². The monoisotopic (exact) mass is 346 g/mol. The quantitative estimate of drug-likeness (QED) is 0.578. The summed E-state index contributed by atoms with van der Waals surface area (Å²) in [6.07, 6.45) is 0. The minimum Gasteiger partial charge on any atom is -0.213 e. The van der Waals surface area contributed by atoms with E-state index in [9.17, 15) is 8.42 Å². The molecule has 2 nitrogen and oxygen atoms in total. The van der Waals surface area contributed by atoms with E-state index in [0.717, 1.165) is 4.47 Å².